The molecule has 168 valence electrons. The van der Waals surface area contributed by atoms with Gasteiger partial charge in [-0.1, -0.05) is 49.9 Å². The van der Waals surface area contributed by atoms with Gasteiger partial charge in [-0.3, -0.25) is 9.36 Å². The van der Waals surface area contributed by atoms with Gasteiger partial charge < -0.3 is 5.32 Å². The first-order valence-corrected chi connectivity index (χ1v) is 11.4. The Bertz CT molecular complexity index is 1120. The summed E-state index contributed by atoms with van der Waals surface area (Å²) < 4.78 is 41.5. The first-order valence-electron chi connectivity index (χ1n) is 10.4. The third kappa shape index (κ3) is 4.98. The normalized spacial score (nSPS) is 14.1. The molecule has 1 amide bonds. The lowest BCUT2D eigenvalue weighted by molar-refractivity contribution is -0.137. The molecule has 3 aromatic rings. The van der Waals surface area contributed by atoms with Gasteiger partial charge in [0.2, 0.25) is 0 Å². The van der Waals surface area contributed by atoms with E-state index in [1.54, 1.807) is 16.7 Å². The Morgan fingerprint density at radius 2 is 1.91 bits per heavy atom. The van der Waals surface area contributed by atoms with E-state index in [1.165, 1.54) is 17.8 Å². The summed E-state index contributed by atoms with van der Waals surface area (Å²) in [6.07, 6.45) is -2.44. The number of benzene rings is 2. The average molecular weight is 461 g/mol. The van der Waals surface area contributed by atoms with Crippen LogP contribution in [0.3, 0.4) is 0 Å². The van der Waals surface area contributed by atoms with Gasteiger partial charge >= 0.3 is 6.18 Å². The van der Waals surface area contributed by atoms with Crippen molar-refractivity contribution in [3.8, 4) is 5.69 Å². The van der Waals surface area contributed by atoms with E-state index in [4.69, 9.17) is 0 Å². The third-order valence-corrected chi connectivity index (χ3v) is 6.12. The number of aromatic nitrogens is 3. The van der Waals surface area contributed by atoms with Crippen molar-refractivity contribution in [1.82, 2.24) is 20.1 Å². The molecular formula is C23H23F3N4OS. The summed E-state index contributed by atoms with van der Waals surface area (Å²) in [5.41, 5.74) is 1.06. The molecule has 32 heavy (non-hydrogen) atoms. The van der Waals surface area contributed by atoms with Crippen molar-refractivity contribution in [3.05, 3.63) is 71.0 Å². The van der Waals surface area contributed by atoms with E-state index in [0.717, 1.165) is 30.5 Å². The zero-order chi connectivity index (χ0) is 22.9. The second kappa shape index (κ2) is 8.97. The van der Waals surface area contributed by atoms with Gasteiger partial charge in [0.25, 0.3) is 5.91 Å². The highest BCUT2D eigenvalue weighted by Crippen LogP contribution is 2.33. The largest absolute Gasteiger partial charge is 0.416 e. The molecule has 1 aliphatic rings. The minimum Gasteiger partial charge on any atom is -0.349 e. The SMILES string of the molecule is CC(C)c1nnc(SCc2ccccc2C(=O)NC2CC2)n1-c1cccc(C(F)(F)F)c1. The van der Waals surface area contributed by atoms with Gasteiger partial charge in [-0.2, -0.15) is 13.2 Å². The van der Waals surface area contributed by atoms with Gasteiger partial charge in [0.05, 0.1) is 11.3 Å². The molecule has 0 bridgehead atoms. The maximum Gasteiger partial charge on any atom is 0.416 e. The maximum absolute atomic E-state index is 13.3. The Labute approximate surface area is 188 Å². The molecule has 0 unspecified atom stereocenters. The number of rotatable bonds is 7. The van der Waals surface area contributed by atoms with Gasteiger partial charge in [0, 0.05) is 23.3 Å². The minimum absolute atomic E-state index is 0.0389. The highest BCUT2D eigenvalue weighted by atomic mass is 32.2. The van der Waals surface area contributed by atoms with Crippen LogP contribution < -0.4 is 5.32 Å². The second-order valence-electron chi connectivity index (χ2n) is 8.07. The predicted molar refractivity (Wildman–Crippen MR) is 117 cm³/mol. The van der Waals surface area contributed by atoms with Gasteiger partial charge in [-0.15, -0.1) is 10.2 Å². The molecule has 1 saturated carbocycles. The molecule has 0 aliphatic heterocycles. The van der Waals surface area contributed by atoms with Crippen LogP contribution >= 0.6 is 11.8 Å². The summed E-state index contributed by atoms with van der Waals surface area (Å²) in [4.78, 5) is 12.6. The molecule has 5 nitrogen and oxygen atoms in total. The molecule has 4 rings (SSSR count). The lowest BCUT2D eigenvalue weighted by Gasteiger charge is -2.15. The molecule has 1 aliphatic carbocycles. The Hall–Kier alpha value is -2.81. The van der Waals surface area contributed by atoms with Crippen molar-refractivity contribution in [2.45, 2.75) is 55.7 Å². The van der Waals surface area contributed by atoms with Crippen LogP contribution in [0.25, 0.3) is 5.69 Å². The Morgan fingerprint density at radius 3 is 2.59 bits per heavy atom. The molecule has 0 atom stereocenters. The van der Waals surface area contributed by atoms with Crippen LogP contribution in [-0.2, 0) is 11.9 Å². The Morgan fingerprint density at radius 1 is 1.16 bits per heavy atom. The van der Waals surface area contributed by atoms with Gasteiger partial charge in [-0.05, 0) is 42.7 Å². The van der Waals surface area contributed by atoms with Crippen molar-refractivity contribution in [3.63, 3.8) is 0 Å². The van der Waals surface area contributed by atoms with Gasteiger partial charge in [0.15, 0.2) is 5.16 Å². The molecule has 9 heteroatoms. The van der Waals surface area contributed by atoms with Crippen molar-refractivity contribution in [2.24, 2.45) is 0 Å². The molecule has 1 aromatic heterocycles. The summed E-state index contributed by atoms with van der Waals surface area (Å²) >= 11 is 1.34. The fourth-order valence-electron chi connectivity index (χ4n) is 3.31. The molecule has 0 radical (unpaired) electrons. The van der Waals surface area contributed by atoms with Crippen molar-refractivity contribution in [2.75, 3.05) is 0 Å². The number of nitrogens with one attached hydrogen (secondary N) is 1. The molecule has 1 N–H and O–H groups in total. The summed E-state index contributed by atoms with van der Waals surface area (Å²) in [6, 6.07) is 12.7. The van der Waals surface area contributed by atoms with E-state index >= 15 is 0 Å². The molecule has 0 saturated heterocycles. The van der Waals surface area contributed by atoms with E-state index in [1.807, 2.05) is 32.0 Å². The fourth-order valence-corrected chi connectivity index (χ4v) is 4.28. The molecule has 0 spiro atoms. The highest BCUT2D eigenvalue weighted by molar-refractivity contribution is 7.98. The van der Waals surface area contributed by atoms with Crippen molar-refractivity contribution >= 4 is 17.7 Å². The van der Waals surface area contributed by atoms with Crippen molar-refractivity contribution < 1.29 is 18.0 Å². The number of alkyl halides is 3. The number of thioether (sulfide) groups is 1. The third-order valence-electron chi connectivity index (χ3n) is 5.14. The minimum atomic E-state index is -4.44. The monoisotopic (exact) mass is 460 g/mol. The lowest BCUT2D eigenvalue weighted by atomic mass is 10.1. The van der Waals surface area contributed by atoms with Gasteiger partial charge in [-0.25, -0.2) is 0 Å². The Balaban J connectivity index is 1.63. The standard InChI is InChI=1S/C23H23F3N4OS/c1-14(2)20-28-29-22(30(20)18-8-5-7-16(12-18)23(24,25)26)32-13-15-6-3-4-9-19(15)21(31)27-17-10-11-17/h3-9,12,14,17H,10-11,13H2,1-2H3,(H,27,31). The topological polar surface area (TPSA) is 59.8 Å². The first kappa shape index (κ1) is 22.4. The van der Waals surface area contributed by atoms with Crippen LogP contribution in [-0.4, -0.2) is 26.7 Å². The summed E-state index contributed by atoms with van der Waals surface area (Å²) in [5.74, 6) is 0.865. The molecule has 1 heterocycles. The van der Waals surface area contributed by atoms with Crippen LogP contribution in [0, 0.1) is 0 Å². The number of carbonyl (C=O) groups is 1. The lowest BCUT2D eigenvalue weighted by Crippen LogP contribution is -2.26. The van der Waals surface area contributed by atoms with Crippen LogP contribution in [0.5, 0.6) is 0 Å². The highest BCUT2D eigenvalue weighted by Gasteiger charge is 2.31. The van der Waals surface area contributed by atoms with Crippen LogP contribution in [0.4, 0.5) is 13.2 Å². The van der Waals surface area contributed by atoms with Crippen molar-refractivity contribution in [1.29, 1.82) is 0 Å². The number of carbonyl (C=O) groups excluding carboxylic acids is 1. The number of nitrogens with zero attached hydrogens (tertiary/aromatic N) is 3. The molecule has 1 fully saturated rings. The molecular weight excluding hydrogens is 437 g/mol. The number of amides is 1. The van der Waals surface area contributed by atoms with E-state index in [2.05, 4.69) is 15.5 Å². The number of hydrogen-bond acceptors (Lipinski definition) is 4. The first-order chi connectivity index (χ1) is 15.2. The van der Waals surface area contributed by atoms with E-state index in [0.29, 0.717) is 28.0 Å². The molecule has 2 aromatic carbocycles. The van der Waals surface area contributed by atoms with Crippen LogP contribution in [0.2, 0.25) is 0 Å². The smallest absolute Gasteiger partial charge is 0.349 e. The summed E-state index contributed by atoms with van der Waals surface area (Å²) in [6.45, 7) is 3.83. The second-order valence-corrected chi connectivity index (χ2v) is 9.02. The van der Waals surface area contributed by atoms with E-state index in [-0.39, 0.29) is 17.9 Å². The Kier molecular flexibility index (Phi) is 6.28. The van der Waals surface area contributed by atoms with E-state index in [9.17, 15) is 18.0 Å². The summed E-state index contributed by atoms with van der Waals surface area (Å²) in [5, 5.41) is 12.0. The fraction of sp³-hybridized carbons (Fsp3) is 0.348. The predicted octanol–water partition coefficient (Wildman–Crippen LogP) is 5.59. The van der Waals surface area contributed by atoms with Gasteiger partial charge in [0.1, 0.15) is 5.82 Å². The van der Waals surface area contributed by atoms with E-state index < -0.39 is 11.7 Å². The number of hydrogen-bond donors (Lipinski definition) is 1. The number of halogens is 3. The quantitative estimate of drug-likeness (QED) is 0.467. The maximum atomic E-state index is 13.3. The summed E-state index contributed by atoms with van der Waals surface area (Å²) in [7, 11) is 0. The average Bonchev–Trinajstić information content (AvgIpc) is 3.46. The zero-order valence-corrected chi connectivity index (χ0v) is 18.5. The van der Waals surface area contributed by atoms with Crippen LogP contribution in [0.1, 0.15) is 59.9 Å². The van der Waals surface area contributed by atoms with Crippen LogP contribution in [0.15, 0.2) is 53.7 Å². The zero-order valence-electron chi connectivity index (χ0n) is 17.7.